The average Bonchev–Trinajstić information content (AvgIpc) is 3.38. The lowest BCUT2D eigenvalue weighted by molar-refractivity contribution is -0.348. The molecule has 2 aromatic carbocycles. The number of halogens is 8. The fourth-order valence-corrected chi connectivity index (χ4v) is 8.64. The van der Waals surface area contributed by atoms with Gasteiger partial charge in [0.15, 0.2) is 9.84 Å². The number of fused-ring (bicyclic) bond motifs is 3. The van der Waals surface area contributed by atoms with Crippen molar-refractivity contribution in [3.8, 4) is 5.75 Å². The van der Waals surface area contributed by atoms with Crippen LogP contribution in [0.2, 0.25) is 0 Å². The van der Waals surface area contributed by atoms with Crippen molar-refractivity contribution in [3.63, 3.8) is 0 Å². The zero-order valence-electron chi connectivity index (χ0n) is 22.7. The third-order valence-corrected chi connectivity index (χ3v) is 11.0. The van der Waals surface area contributed by atoms with Crippen LogP contribution in [0.15, 0.2) is 53.4 Å². The Bertz CT molecular complexity index is 1460. The lowest BCUT2D eigenvalue weighted by Crippen LogP contribution is -2.56. The molecule has 1 saturated heterocycles. The number of carbonyl (C=O) groups is 2. The normalized spacial score (nSPS) is 25.5. The van der Waals surface area contributed by atoms with E-state index in [4.69, 9.17) is 14.6 Å². The molecule has 2 fully saturated rings. The van der Waals surface area contributed by atoms with Gasteiger partial charge in [0.2, 0.25) is 5.91 Å². The van der Waals surface area contributed by atoms with Crippen LogP contribution >= 0.6 is 0 Å². The largest absolute Gasteiger partial charge is 0.491 e. The van der Waals surface area contributed by atoms with E-state index in [2.05, 4.69) is 0 Å². The van der Waals surface area contributed by atoms with Gasteiger partial charge in [-0.2, -0.15) is 26.3 Å². The van der Waals surface area contributed by atoms with Gasteiger partial charge in [0.1, 0.15) is 23.3 Å². The number of hydrogen-bond acceptors (Lipinski definition) is 5. The number of nitrogens with zero attached hydrogens (tertiary/aromatic N) is 1. The van der Waals surface area contributed by atoms with Gasteiger partial charge in [-0.1, -0.05) is 30.3 Å². The van der Waals surface area contributed by atoms with E-state index in [1.807, 2.05) is 0 Å². The minimum atomic E-state index is -6.38. The summed E-state index contributed by atoms with van der Waals surface area (Å²) in [5, 5.41) is 6.89. The van der Waals surface area contributed by atoms with E-state index in [9.17, 15) is 48.3 Å². The second-order valence-electron chi connectivity index (χ2n) is 10.7. The molecule has 2 unspecified atom stereocenters. The maximum Gasteiger partial charge on any atom is 0.435 e. The number of benzene rings is 2. The summed E-state index contributed by atoms with van der Waals surface area (Å²) in [5.74, 6) is -1.65. The number of alkyl halides is 8. The van der Waals surface area contributed by atoms with E-state index < -0.39 is 74.6 Å². The Kier molecular flexibility index (Phi) is 8.99. The van der Waals surface area contributed by atoms with Crippen LogP contribution in [-0.2, 0) is 29.8 Å². The van der Waals surface area contributed by atoms with E-state index in [0.717, 1.165) is 0 Å². The van der Waals surface area contributed by atoms with Crippen LogP contribution in [0, 0.1) is 5.92 Å². The zero-order chi connectivity index (χ0) is 32.7. The number of ether oxygens (including phenoxy) is 1. The molecule has 2 heterocycles. The Labute approximate surface area is 246 Å². The first-order chi connectivity index (χ1) is 20.5. The maximum atomic E-state index is 14.9. The lowest BCUT2D eigenvalue weighted by Gasteiger charge is -2.43. The predicted molar refractivity (Wildman–Crippen MR) is 138 cm³/mol. The van der Waals surface area contributed by atoms with E-state index in [1.165, 1.54) is 29.2 Å². The van der Waals surface area contributed by atoms with Crippen LogP contribution in [0.25, 0.3) is 0 Å². The number of carboxylic acid groups (broad SMARTS) is 1. The van der Waals surface area contributed by atoms with Gasteiger partial charge in [-0.05, 0) is 50.3 Å². The molecule has 44 heavy (non-hydrogen) atoms. The Balaban J connectivity index is 0.00000141. The quantitative estimate of drug-likeness (QED) is 0.326. The summed E-state index contributed by atoms with van der Waals surface area (Å²) in [6.07, 6.45) is -13.2. The Morgan fingerprint density at radius 2 is 1.52 bits per heavy atom. The molecular formula is C28H27F8NO6S. The second-order valence-corrected chi connectivity index (χ2v) is 12.9. The van der Waals surface area contributed by atoms with Crippen molar-refractivity contribution in [3.05, 3.63) is 59.7 Å². The summed E-state index contributed by atoms with van der Waals surface area (Å²) in [6, 6.07) is 7.04. The highest BCUT2D eigenvalue weighted by molar-refractivity contribution is 7.92. The maximum absolute atomic E-state index is 14.9. The number of carbonyl (C=O) groups excluding carboxylic acids is 1. The van der Waals surface area contributed by atoms with Gasteiger partial charge >= 0.3 is 18.0 Å². The van der Waals surface area contributed by atoms with Crippen molar-refractivity contribution in [2.24, 2.45) is 5.92 Å². The molecule has 1 N–H and O–H groups in total. The molecule has 1 aliphatic carbocycles. The van der Waals surface area contributed by atoms with Crippen molar-refractivity contribution in [2.75, 3.05) is 13.2 Å². The SMILES string of the molecule is O=C(C1CCC(F)CC1)N1CCC2(S(=O)(=O)c3ccccc3)c3ccc(C(F)(C(F)(F)F)C(F)(F)F)cc3OCC12.O=CO. The Morgan fingerprint density at radius 1 is 0.955 bits per heavy atom. The molecule has 16 heteroatoms. The highest BCUT2D eigenvalue weighted by Crippen LogP contribution is 2.57. The number of rotatable bonds is 4. The standard InChI is InChI=1S/C27H25F8NO4S.CH2O2/c28-18-9-6-16(7-10-18)23(37)36-13-12-24(41(38,39)19-4-2-1-3-5-19)20-11-8-17(14-21(20)40-15-22(24)36)25(29,26(30,31)32)27(33,34)35;2-1-3/h1-5,8,11,14,16,18,22H,6-7,9-10,12-13,15H2;1H,(H,2,3). The average molecular weight is 658 g/mol. The van der Waals surface area contributed by atoms with E-state index in [-0.39, 0.29) is 67.7 Å². The number of amides is 1. The fraction of sp³-hybridized carbons (Fsp3) is 0.500. The third-order valence-electron chi connectivity index (χ3n) is 8.47. The highest BCUT2D eigenvalue weighted by atomic mass is 32.2. The summed E-state index contributed by atoms with van der Waals surface area (Å²) in [5.41, 5.74) is -7.82. The summed E-state index contributed by atoms with van der Waals surface area (Å²) < 4.78 is 141. The van der Waals surface area contributed by atoms with Gasteiger partial charge in [0.05, 0.1) is 10.9 Å². The molecule has 0 radical (unpaired) electrons. The van der Waals surface area contributed by atoms with Gasteiger partial charge in [0.25, 0.3) is 6.47 Å². The van der Waals surface area contributed by atoms with E-state index in [0.29, 0.717) is 6.07 Å². The Hall–Kier alpha value is -3.43. The van der Waals surface area contributed by atoms with Gasteiger partial charge < -0.3 is 14.7 Å². The molecule has 2 atom stereocenters. The molecule has 0 aromatic heterocycles. The molecule has 242 valence electrons. The van der Waals surface area contributed by atoms with E-state index in [1.54, 1.807) is 6.07 Å². The Morgan fingerprint density at radius 3 is 2.07 bits per heavy atom. The minimum absolute atomic E-state index is 0.103. The topological polar surface area (TPSA) is 101 Å². The van der Waals surface area contributed by atoms with Crippen LogP contribution in [0.4, 0.5) is 35.1 Å². The minimum Gasteiger partial charge on any atom is -0.491 e. The smallest absolute Gasteiger partial charge is 0.435 e. The predicted octanol–water partition coefficient (Wildman–Crippen LogP) is 5.87. The molecule has 2 aliphatic heterocycles. The summed E-state index contributed by atoms with van der Waals surface area (Å²) in [4.78, 5) is 23.0. The van der Waals surface area contributed by atoms with Crippen molar-refractivity contribution in [1.82, 2.24) is 4.90 Å². The van der Waals surface area contributed by atoms with Crippen LogP contribution in [0.1, 0.15) is 43.2 Å². The van der Waals surface area contributed by atoms with Crippen molar-refractivity contribution in [2.45, 2.75) is 72.0 Å². The molecule has 5 rings (SSSR count). The second kappa shape index (κ2) is 11.8. The summed E-state index contributed by atoms with van der Waals surface area (Å²) in [6.45, 7) is -0.933. The molecule has 0 spiro atoms. The summed E-state index contributed by atoms with van der Waals surface area (Å²) in [7, 11) is -4.46. The first-order valence-electron chi connectivity index (χ1n) is 13.4. The lowest BCUT2D eigenvalue weighted by atomic mass is 9.84. The monoisotopic (exact) mass is 657 g/mol. The van der Waals surface area contributed by atoms with Crippen molar-refractivity contribution < 1.29 is 63.0 Å². The fourth-order valence-electron chi connectivity index (χ4n) is 6.33. The molecule has 1 saturated carbocycles. The molecule has 2 aromatic rings. The molecule has 3 aliphatic rings. The van der Waals surface area contributed by atoms with Gasteiger partial charge in [0, 0.05) is 23.6 Å². The first kappa shape index (κ1) is 33.5. The van der Waals surface area contributed by atoms with Crippen LogP contribution < -0.4 is 4.74 Å². The van der Waals surface area contributed by atoms with E-state index >= 15 is 0 Å². The highest BCUT2D eigenvalue weighted by Gasteiger charge is 2.74. The number of likely N-dealkylation sites (tertiary alicyclic amines) is 1. The van der Waals surface area contributed by atoms with Gasteiger partial charge in [-0.15, -0.1) is 0 Å². The summed E-state index contributed by atoms with van der Waals surface area (Å²) >= 11 is 0. The van der Waals surface area contributed by atoms with Gasteiger partial charge in [-0.25, -0.2) is 17.2 Å². The van der Waals surface area contributed by atoms with Crippen LogP contribution in [-0.4, -0.2) is 68.5 Å². The molecule has 7 nitrogen and oxygen atoms in total. The third kappa shape index (κ3) is 5.28. The molecular weight excluding hydrogens is 630 g/mol. The molecule has 1 amide bonds. The van der Waals surface area contributed by atoms with Crippen molar-refractivity contribution in [1.29, 1.82) is 0 Å². The van der Waals surface area contributed by atoms with Crippen LogP contribution in [0.5, 0.6) is 5.75 Å². The van der Waals surface area contributed by atoms with Crippen LogP contribution in [0.3, 0.4) is 0 Å². The molecule has 0 bridgehead atoms. The van der Waals surface area contributed by atoms with Gasteiger partial charge in [-0.3, -0.25) is 9.59 Å². The van der Waals surface area contributed by atoms with Crippen molar-refractivity contribution >= 4 is 22.2 Å². The number of sulfone groups is 1. The zero-order valence-corrected chi connectivity index (χ0v) is 23.6. The first-order valence-corrected chi connectivity index (χ1v) is 14.9. The number of hydrogen-bond donors (Lipinski definition) is 1.